The van der Waals surface area contributed by atoms with Crippen molar-refractivity contribution in [2.45, 2.75) is 123 Å². The highest BCUT2D eigenvalue weighted by molar-refractivity contribution is 8.78. The first kappa shape index (κ1) is 25.5. The molecule has 5 aliphatic rings. The molecule has 0 aromatic rings. The normalized spacial score (nSPS) is 41.5. The molecule has 3 saturated carbocycles. The lowest BCUT2D eigenvalue weighted by molar-refractivity contribution is -0.0421. The van der Waals surface area contributed by atoms with E-state index in [0.717, 1.165) is 41.3 Å². The van der Waals surface area contributed by atoms with Gasteiger partial charge in [-0.1, -0.05) is 75.5 Å². The fraction of sp³-hybridized carbons (Fsp3) is 0.839. The van der Waals surface area contributed by atoms with Crippen molar-refractivity contribution in [3.8, 4) is 0 Å². The molecule has 0 saturated heterocycles. The van der Waals surface area contributed by atoms with E-state index >= 15 is 0 Å². The van der Waals surface area contributed by atoms with Crippen LogP contribution in [0.15, 0.2) is 27.7 Å². The van der Waals surface area contributed by atoms with Crippen molar-refractivity contribution in [1.29, 1.82) is 0 Å². The van der Waals surface area contributed by atoms with Crippen molar-refractivity contribution < 1.29 is 0 Å². The van der Waals surface area contributed by atoms with E-state index in [1.54, 1.807) is 0 Å². The van der Waals surface area contributed by atoms with Crippen molar-refractivity contribution >= 4 is 27.8 Å². The third kappa shape index (κ3) is 5.00. The largest absolute Gasteiger partial charge is 0.254 e. The van der Waals surface area contributed by atoms with E-state index in [1.807, 2.05) is 16.4 Å². The molecule has 1 aliphatic heterocycles. The van der Waals surface area contributed by atoms with Gasteiger partial charge in [-0.15, -0.1) is 0 Å². The minimum absolute atomic E-state index is 0.490. The summed E-state index contributed by atoms with van der Waals surface area (Å²) in [6.45, 7) is 10.2. The van der Waals surface area contributed by atoms with Gasteiger partial charge in [0.2, 0.25) is 0 Å². The Balaban J connectivity index is 1.21. The van der Waals surface area contributed by atoms with Gasteiger partial charge in [0.1, 0.15) is 5.03 Å². The number of nitrogens with zero attached hydrogens (tertiary/aromatic N) is 1. The predicted octanol–water partition coefficient (Wildman–Crippen LogP) is 10.2. The summed E-state index contributed by atoms with van der Waals surface area (Å²) in [6, 6.07) is 0. The van der Waals surface area contributed by atoms with Crippen LogP contribution in [-0.2, 0) is 0 Å². The number of rotatable bonds is 8. The quantitative estimate of drug-likeness (QED) is 0.187. The van der Waals surface area contributed by atoms with Crippen LogP contribution in [0.3, 0.4) is 0 Å². The van der Waals surface area contributed by atoms with Crippen LogP contribution in [0.1, 0.15) is 118 Å². The van der Waals surface area contributed by atoms with Crippen LogP contribution in [0.2, 0.25) is 0 Å². The molecule has 3 heteroatoms. The second kappa shape index (κ2) is 10.7. The Bertz CT molecular complexity index is 812. The molecule has 7 unspecified atom stereocenters. The monoisotopic (exact) mass is 499 g/mol. The molecule has 5 rings (SSSR count). The van der Waals surface area contributed by atoms with E-state index in [-0.39, 0.29) is 0 Å². The van der Waals surface area contributed by atoms with Gasteiger partial charge in [-0.3, -0.25) is 4.99 Å². The second-order valence-corrected chi connectivity index (χ2v) is 15.8. The Kier molecular flexibility index (Phi) is 8.01. The molecule has 4 aliphatic carbocycles. The van der Waals surface area contributed by atoms with Crippen LogP contribution in [0, 0.1) is 40.4 Å². The van der Waals surface area contributed by atoms with Gasteiger partial charge in [-0.25, -0.2) is 0 Å². The molecule has 34 heavy (non-hydrogen) atoms. The van der Waals surface area contributed by atoms with E-state index in [0.29, 0.717) is 10.8 Å². The van der Waals surface area contributed by atoms with E-state index < -0.39 is 0 Å². The molecule has 0 radical (unpaired) electrons. The minimum Gasteiger partial charge on any atom is -0.254 e. The highest BCUT2D eigenvalue weighted by atomic mass is 33.1. The average Bonchev–Trinajstić information content (AvgIpc) is 3.17. The second-order valence-electron chi connectivity index (χ2n) is 13.2. The molecule has 3 fully saturated rings. The van der Waals surface area contributed by atoms with E-state index in [2.05, 4.69) is 61.8 Å². The van der Waals surface area contributed by atoms with Gasteiger partial charge in [0.05, 0.1) is 0 Å². The lowest BCUT2D eigenvalue weighted by Crippen LogP contribution is -2.50. The first-order chi connectivity index (χ1) is 16.4. The van der Waals surface area contributed by atoms with Gasteiger partial charge < -0.3 is 0 Å². The van der Waals surface area contributed by atoms with Gasteiger partial charge in [-0.05, 0) is 122 Å². The molecule has 7 atom stereocenters. The standard InChI is InChI=1S/C31H49NS2/c1-22(2)9-5-6-10-23-13-15-27-26-14-12-24-21-25(33-34-29-11-7-8-20-32-29)16-18-31(24,4)28(26)17-19-30(23,27)3/h11-12,20,22-23,25-28H,5-10,13-19,21H2,1-4H3. The van der Waals surface area contributed by atoms with Gasteiger partial charge >= 0.3 is 0 Å². The van der Waals surface area contributed by atoms with Crippen molar-refractivity contribution in [3.05, 3.63) is 22.8 Å². The molecule has 0 aromatic carbocycles. The van der Waals surface area contributed by atoms with Gasteiger partial charge in [-0.2, -0.15) is 0 Å². The van der Waals surface area contributed by atoms with Crippen LogP contribution in [0.4, 0.5) is 0 Å². The highest BCUT2D eigenvalue weighted by Gasteiger charge is 2.58. The van der Waals surface area contributed by atoms with Gasteiger partial charge in [0.25, 0.3) is 0 Å². The SMILES string of the molecule is CC(C)CCCCC1CCC2C3CC=C4CC(SSC5=CCCC=N5)CCC4(C)C3CCC12C. The smallest absolute Gasteiger partial charge is 0.102 e. The fourth-order valence-corrected chi connectivity index (χ4v) is 11.4. The molecule has 0 aromatic heterocycles. The molecule has 1 heterocycles. The Morgan fingerprint density at radius 2 is 1.88 bits per heavy atom. The first-order valence-electron chi connectivity index (χ1n) is 14.7. The Morgan fingerprint density at radius 3 is 2.68 bits per heavy atom. The summed E-state index contributed by atoms with van der Waals surface area (Å²) in [4.78, 5) is 4.60. The van der Waals surface area contributed by atoms with E-state index in [4.69, 9.17) is 0 Å². The van der Waals surface area contributed by atoms with Crippen molar-refractivity contribution in [3.63, 3.8) is 0 Å². The first-order valence-corrected chi connectivity index (χ1v) is 16.9. The minimum atomic E-state index is 0.490. The van der Waals surface area contributed by atoms with Crippen LogP contribution < -0.4 is 0 Å². The molecule has 190 valence electrons. The van der Waals surface area contributed by atoms with Crippen molar-refractivity contribution in [1.82, 2.24) is 0 Å². The summed E-state index contributed by atoms with van der Waals surface area (Å²) in [7, 11) is 4.05. The Hall–Kier alpha value is -0.150. The average molecular weight is 500 g/mol. The number of unbranched alkanes of at least 4 members (excludes halogenated alkanes) is 1. The van der Waals surface area contributed by atoms with Gasteiger partial charge in [0.15, 0.2) is 0 Å². The molecule has 0 bridgehead atoms. The van der Waals surface area contributed by atoms with E-state index in [1.165, 1.54) is 88.5 Å². The zero-order valence-electron chi connectivity index (χ0n) is 22.4. The maximum Gasteiger partial charge on any atom is 0.102 e. The van der Waals surface area contributed by atoms with Gasteiger partial charge in [0, 0.05) is 11.5 Å². The van der Waals surface area contributed by atoms with Crippen LogP contribution in [0.25, 0.3) is 0 Å². The Labute approximate surface area is 218 Å². The summed E-state index contributed by atoms with van der Waals surface area (Å²) in [5.41, 5.74) is 2.97. The highest BCUT2D eigenvalue weighted by Crippen LogP contribution is 2.67. The number of fused-ring (bicyclic) bond motifs is 5. The zero-order valence-corrected chi connectivity index (χ0v) is 24.0. The molecule has 0 spiro atoms. The summed E-state index contributed by atoms with van der Waals surface area (Å²) in [6.07, 6.45) is 26.9. The van der Waals surface area contributed by atoms with Crippen molar-refractivity contribution in [2.75, 3.05) is 0 Å². The third-order valence-corrected chi connectivity index (χ3v) is 13.8. The summed E-state index contributed by atoms with van der Waals surface area (Å²) in [5.74, 6) is 4.79. The Morgan fingerprint density at radius 1 is 1.00 bits per heavy atom. The molecule has 0 N–H and O–H groups in total. The molecule has 1 nitrogen and oxygen atoms in total. The van der Waals surface area contributed by atoms with Crippen LogP contribution in [0.5, 0.6) is 0 Å². The third-order valence-electron chi connectivity index (χ3n) is 10.9. The number of hydrogen-bond donors (Lipinski definition) is 0. The topological polar surface area (TPSA) is 12.4 Å². The number of allylic oxidation sites excluding steroid dienone is 3. The molecular formula is C31H49NS2. The zero-order chi connectivity index (χ0) is 23.8. The fourth-order valence-electron chi connectivity index (χ4n) is 8.90. The lowest BCUT2D eigenvalue weighted by Gasteiger charge is -2.58. The molecular weight excluding hydrogens is 450 g/mol. The maximum absolute atomic E-state index is 4.60. The van der Waals surface area contributed by atoms with Crippen LogP contribution in [-0.4, -0.2) is 11.5 Å². The number of aliphatic imine (C=N–C) groups is 1. The summed E-state index contributed by atoms with van der Waals surface area (Å²) < 4.78 is 0. The maximum atomic E-state index is 4.60. The summed E-state index contributed by atoms with van der Waals surface area (Å²) in [5, 5.41) is 2.02. The number of hydrogen-bond acceptors (Lipinski definition) is 3. The van der Waals surface area contributed by atoms with Crippen LogP contribution >= 0.6 is 21.6 Å². The summed E-state index contributed by atoms with van der Waals surface area (Å²) >= 11 is 0. The lowest BCUT2D eigenvalue weighted by atomic mass is 9.47. The van der Waals surface area contributed by atoms with E-state index in [9.17, 15) is 0 Å². The van der Waals surface area contributed by atoms with Crippen molar-refractivity contribution in [2.24, 2.45) is 45.4 Å². The molecule has 0 amide bonds. The predicted molar refractivity (Wildman–Crippen MR) is 153 cm³/mol.